The van der Waals surface area contributed by atoms with Crippen molar-refractivity contribution in [1.29, 1.82) is 5.26 Å². The Morgan fingerprint density at radius 2 is 1.93 bits per heavy atom. The summed E-state index contributed by atoms with van der Waals surface area (Å²) in [5, 5.41) is 36.7. The molecule has 0 unspecified atom stereocenters. The molecule has 374 valence electrons. The van der Waals surface area contributed by atoms with E-state index in [9.17, 15) is 20.0 Å². The Bertz CT molecular complexity index is 2850. The van der Waals surface area contributed by atoms with Gasteiger partial charge in [0.25, 0.3) is 5.88 Å². The van der Waals surface area contributed by atoms with Gasteiger partial charge in [0.1, 0.15) is 28.8 Å². The van der Waals surface area contributed by atoms with Crippen LogP contribution in [0.15, 0.2) is 52.8 Å². The summed E-state index contributed by atoms with van der Waals surface area (Å²) >= 11 is 3.05. The van der Waals surface area contributed by atoms with E-state index in [1.807, 2.05) is 50.5 Å². The molecule has 2 saturated heterocycles. The highest BCUT2D eigenvalue weighted by Crippen LogP contribution is 2.48. The van der Waals surface area contributed by atoms with Crippen molar-refractivity contribution in [2.75, 3.05) is 56.6 Å². The fourth-order valence-electron chi connectivity index (χ4n) is 10.4. The summed E-state index contributed by atoms with van der Waals surface area (Å²) in [6, 6.07) is 10.0. The number of nitrogens with two attached hydrogens (primary N) is 1. The van der Waals surface area contributed by atoms with Gasteiger partial charge in [0.2, 0.25) is 29.5 Å². The SMILES string of the molecule is Cc1ncsc1-c1ccc([C@H](CO)NC(=O)[C@@H]2CCCN2C(=O)[C@H](C(C)C)n2cc(OCCCCN3CCCN(c4nccc(-c5noc([C@@]6(C)CCCc7sc(N)c(C#N)c76)n5)n4)[C@@H](C)C3)nn2)cc1. The van der Waals surface area contributed by atoms with Crippen LogP contribution in [-0.4, -0.2) is 125 Å². The third-order valence-corrected chi connectivity index (χ3v) is 16.2. The number of thiophene rings is 1. The average molecular weight is 1000 g/mol. The van der Waals surface area contributed by atoms with Crippen molar-refractivity contribution in [3.8, 4) is 33.9 Å². The largest absolute Gasteiger partial charge is 0.475 e. The molecule has 6 aromatic rings. The Balaban J connectivity index is 0.747. The number of carbonyl (C=O) groups excluding carboxylic acids is 2. The molecule has 9 rings (SSSR count). The molecule has 71 heavy (non-hydrogen) atoms. The average Bonchev–Trinajstić information content (AvgIpc) is 4.23. The van der Waals surface area contributed by atoms with Crippen LogP contribution in [0, 0.1) is 24.2 Å². The molecule has 1 aromatic carbocycles. The standard InChI is InChI=1S/C50H62N14O5S2/c1-30(2)42(47(67)63-22-9-11-38(63)46(66)55-37(28-65)33-13-15-34(16-14-33)43-32(4)54-29-70-43)64-27-40(58-60-64)68-24-7-6-20-61-21-10-23-62(31(3)26-61)49-53-19-17-36(56-49)45-57-48(69-59-45)50(5)18-8-12-39-41(50)35(25-51)44(52)71-39/h13-17,19,27,29-31,37-38,42,65H,6-12,18,20-24,26,28,52H2,1-5H3,(H,55,66)/t31-,37-,38-,42-,50-/m0/s1. The molecule has 19 nitrogen and oxygen atoms in total. The first-order chi connectivity index (χ1) is 34.4. The van der Waals surface area contributed by atoms with Crippen molar-refractivity contribution < 1.29 is 24.0 Å². The number of likely N-dealkylation sites (tertiary alicyclic amines) is 1. The van der Waals surface area contributed by atoms with Gasteiger partial charge in [-0.15, -0.1) is 22.7 Å². The van der Waals surface area contributed by atoms with Crippen LogP contribution in [0.2, 0.25) is 0 Å². The van der Waals surface area contributed by atoms with Gasteiger partial charge in [0, 0.05) is 42.3 Å². The number of hydrogen-bond acceptors (Lipinski definition) is 18. The second-order valence-electron chi connectivity index (χ2n) is 19.4. The summed E-state index contributed by atoms with van der Waals surface area (Å²) < 4.78 is 13.5. The van der Waals surface area contributed by atoms with E-state index in [4.69, 9.17) is 25.0 Å². The molecular formula is C50H62N14O5S2. The maximum atomic E-state index is 14.2. The van der Waals surface area contributed by atoms with Crippen LogP contribution >= 0.6 is 22.7 Å². The third-order valence-electron chi connectivity index (χ3n) is 14.1. The lowest BCUT2D eigenvalue weighted by molar-refractivity contribution is -0.142. The first-order valence-corrected chi connectivity index (χ1v) is 26.3. The lowest BCUT2D eigenvalue weighted by atomic mass is 9.72. The molecule has 0 radical (unpaired) electrons. The molecule has 1 aliphatic carbocycles. The molecule has 2 fully saturated rings. The quantitative estimate of drug-likeness (QED) is 0.0825. The number of carbonyl (C=O) groups is 2. The molecule has 5 aromatic heterocycles. The zero-order valence-electron chi connectivity index (χ0n) is 41.0. The summed E-state index contributed by atoms with van der Waals surface area (Å²) in [4.78, 5) is 55.3. The summed E-state index contributed by atoms with van der Waals surface area (Å²) in [7, 11) is 0. The minimum Gasteiger partial charge on any atom is -0.475 e. The maximum Gasteiger partial charge on any atom is 0.253 e. The Hall–Kier alpha value is -6.34. The van der Waals surface area contributed by atoms with Gasteiger partial charge < -0.3 is 40.1 Å². The second kappa shape index (κ2) is 21.6. The second-order valence-corrected chi connectivity index (χ2v) is 21.4. The molecule has 21 heteroatoms. The number of unbranched alkanes of at least 4 members (excludes halogenated alkanes) is 1. The number of thiazole rings is 1. The molecule has 0 bridgehead atoms. The molecule has 5 atom stereocenters. The fourth-order valence-corrected chi connectivity index (χ4v) is 12.4. The number of hydrogen-bond donors (Lipinski definition) is 3. The van der Waals surface area contributed by atoms with Gasteiger partial charge in [-0.3, -0.25) is 9.59 Å². The maximum absolute atomic E-state index is 14.2. The van der Waals surface area contributed by atoms with E-state index in [-0.39, 0.29) is 30.4 Å². The summed E-state index contributed by atoms with van der Waals surface area (Å²) in [6.07, 6.45) is 9.88. The minimum absolute atomic E-state index is 0.139. The van der Waals surface area contributed by atoms with E-state index in [1.54, 1.807) is 39.4 Å². The zero-order valence-corrected chi connectivity index (χ0v) is 42.6. The van der Waals surface area contributed by atoms with Gasteiger partial charge in [0.05, 0.1) is 52.5 Å². The number of benzene rings is 1. The normalized spacial score (nSPS) is 20.4. The van der Waals surface area contributed by atoms with Crippen molar-refractivity contribution in [3.05, 3.63) is 81.4 Å². The molecule has 0 spiro atoms. The van der Waals surface area contributed by atoms with E-state index >= 15 is 0 Å². The molecule has 2 aliphatic heterocycles. The number of rotatable bonds is 17. The van der Waals surface area contributed by atoms with Gasteiger partial charge >= 0.3 is 0 Å². The summed E-state index contributed by atoms with van der Waals surface area (Å²) in [5.41, 5.74) is 12.2. The smallest absolute Gasteiger partial charge is 0.253 e. The Morgan fingerprint density at radius 1 is 1.10 bits per heavy atom. The highest BCUT2D eigenvalue weighted by Gasteiger charge is 2.44. The van der Waals surface area contributed by atoms with Crippen molar-refractivity contribution in [1.82, 2.24) is 55.2 Å². The Morgan fingerprint density at radius 3 is 2.69 bits per heavy atom. The van der Waals surface area contributed by atoms with E-state index < -0.39 is 23.5 Å². The number of aliphatic hydroxyl groups excluding tert-OH is 1. The number of nitriles is 1. The zero-order chi connectivity index (χ0) is 49.8. The Labute approximate surface area is 421 Å². The van der Waals surface area contributed by atoms with Crippen LogP contribution in [0.25, 0.3) is 22.0 Å². The highest BCUT2D eigenvalue weighted by molar-refractivity contribution is 7.16. The van der Waals surface area contributed by atoms with E-state index in [2.05, 4.69) is 60.5 Å². The number of anilines is 2. The molecule has 3 aliphatic rings. The van der Waals surface area contributed by atoms with Crippen LogP contribution < -0.4 is 20.7 Å². The monoisotopic (exact) mass is 1000 g/mol. The van der Waals surface area contributed by atoms with Crippen LogP contribution in [0.5, 0.6) is 5.88 Å². The molecule has 7 heterocycles. The van der Waals surface area contributed by atoms with Crippen molar-refractivity contribution in [2.45, 2.75) is 116 Å². The lowest BCUT2D eigenvalue weighted by Gasteiger charge is -2.30. The van der Waals surface area contributed by atoms with Crippen molar-refractivity contribution >= 4 is 45.4 Å². The molecule has 0 saturated carbocycles. The van der Waals surface area contributed by atoms with Crippen molar-refractivity contribution in [2.24, 2.45) is 5.92 Å². The fraction of sp³-hybridized carbons (Fsp3) is 0.520. The number of aromatic nitrogens is 8. The number of ether oxygens (including phenoxy) is 1. The first kappa shape index (κ1) is 49.6. The van der Waals surface area contributed by atoms with Crippen LogP contribution in [0.4, 0.5) is 10.9 Å². The highest BCUT2D eigenvalue weighted by atomic mass is 32.1. The van der Waals surface area contributed by atoms with Crippen molar-refractivity contribution in [3.63, 3.8) is 0 Å². The molecule has 4 N–H and O–H groups in total. The third kappa shape index (κ3) is 10.4. The Kier molecular flexibility index (Phi) is 15.1. The number of aliphatic hydroxyl groups is 1. The van der Waals surface area contributed by atoms with Gasteiger partial charge in [-0.25, -0.2) is 19.6 Å². The van der Waals surface area contributed by atoms with Crippen LogP contribution in [-0.2, 0) is 21.4 Å². The summed E-state index contributed by atoms with van der Waals surface area (Å²) in [6.45, 7) is 14.2. The number of nitrogens with one attached hydrogen (secondary N) is 1. The number of nitrogen functional groups attached to an aromatic ring is 1. The number of amides is 2. The number of aryl methyl sites for hydroxylation is 2. The first-order valence-electron chi connectivity index (χ1n) is 24.6. The van der Waals surface area contributed by atoms with Gasteiger partial charge in [-0.1, -0.05) is 53.6 Å². The van der Waals surface area contributed by atoms with Gasteiger partial charge in [-0.05, 0) is 108 Å². The van der Waals surface area contributed by atoms with Crippen LogP contribution in [0.3, 0.4) is 0 Å². The lowest BCUT2D eigenvalue weighted by Crippen LogP contribution is -2.50. The number of nitrogens with zero attached hydrogens (tertiary/aromatic N) is 12. The summed E-state index contributed by atoms with van der Waals surface area (Å²) in [5.74, 6) is 1.17. The molecule has 2 amide bonds. The van der Waals surface area contributed by atoms with Crippen LogP contribution in [0.1, 0.15) is 118 Å². The topological polar surface area (TPSA) is 243 Å². The van der Waals surface area contributed by atoms with Gasteiger partial charge in [0.15, 0.2) is 0 Å². The number of fused-ring (bicyclic) bond motifs is 1. The predicted molar refractivity (Wildman–Crippen MR) is 270 cm³/mol. The van der Waals surface area contributed by atoms with E-state index in [1.165, 1.54) is 11.3 Å². The van der Waals surface area contributed by atoms with E-state index in [0.29, 0.717) is 65.8 Å². The minimum atomic E-state index is -0.681. The van der Waals surface area contributed by atoms with Gasteiger partial charge in [-0.2, -0.15) is 10.2 Å². The predicted octanol–water partition coefficient (Wildman–Crippen LogP) is 6.51. The molecular weight excluding hydrogens is 941 g/mol. The van der Waals surface area contributed by atoms with E-state index in [0.717, 1.165) is 96.8 Å².